The van der Waals surface area contributed by atoms with Gasteiger partial charge in [0.1, 0.15) is 0 Å². The van der Waals surface area contributed by atoms with Crippen molar-refractivity contribution < 1.29 is 9.59 Å². The molecule has 0 atom stereocenters. The molecule has 1 heterocycles. The van der Waals surface area contributed by atoms with Crippen LogP contribution in [0.3, 0.4) is 0 Å². The molecule has 0 radical (unpaired) electrons. The third-order valence-electron chi connectivity index (χ3n) is 5.41. The molecule has 2 amide bonds. The molecule has 4 heteroatoms. The first kappa shape index (κ1) is 19.2. The Morgan fingerprint density at radius 3 is 2.44 bits per heavy atom. The Hall–Kier alpha value is -2.62. The monoisotopic (exact) mass is 364 g/mol. The van der Waals surface area contributed by atoms with Gasteiger partial charge in [-0.1, -0.05) is 43.7 Å². The lowest BCUT2D eigenvalue weighted by Crippen LogP contribution is -2.30. The smallest absolute Gasteiger partial charge is 0.258 e. The molecule has 0 spiro atoms. The zero-order valence-electron chi connectivity index (χ0n) is 16.4. The first-order valence-electron chi connectivity index (χ1n) is 9.81. The van der Waals surface area contributed by atoms with Crippen LogP contribution >= 0.6 is 0 Å². The summed E-state index contributed by atoms with van der Waals surface area (Å²) in [5.74, 6) is 0.207. The van der Waals surface area contributed by atoms with E-state index in [4.69, 9.17) is 0 Å². The number of amides is 2. The molecule has 142 valence electrons. The van der Waals surface area contributed by atoms with Gasteiger partial charge in [0.25, 0.3) is 5.91 Å². The predicted molar refractivity (Wildman–Crippen MR) is 109 cm³/mol. The molecule has 1 aliphatic heterocycles. The second-order valence-corrected chi connectivity index (χ2v) is 7.27. The van der Waals surface area contributed by atoms with Crippen molar-refractivity contribution in [1.29, 1.82) is 0 Å². The largest absolute Gasteiger partial charge is 0.352 e. The molecular formula is C23H28N2O2. The van der Waals surface area contributed by atoms with Gasteiger partial charge in [-0.15, -0.1) is 0 Å². The number of benzene rings is 2. The molecule has 0 saturated carbocycles. The third-order valence-corrected chi connectivity index (χ3v) is 5.41. The summed E-state index contributed by atoms with van der Waals surface area (Å²) < 4.78 is 0. The number of nitrogens with one attached hydrogen (secondary N) is 1. The maximum atomic E-state index is 12.9. The maximum Gasteiger partial charge on any atom is 0.258 e. The standard InChI is InChI=1S/C23H28N2O2/c1-4-18(5-2)22(26)24-15-17-8-11-19-12-13-25(21(19)14-17)23(27)20-9-6-16(3)7-10-20/h6-11,14,18H,4-5,12-13,15H2,1-3H3,(H,24,26). The topological polar surface area (TPSA) is 49.4 Å². The highest BCUT2D eigenvalue weighted by Crippen LogP contribution is 2.30. The summed E-state index contributed by atoms with van der Waals surface area (Å²) in [4.78, 5) is 27.0. The average Bonchev–Trinajstić information content (AvgIpc) is 3.10. The van der Waals surface area contributed by atoms with Crippen molar-refractivity contribution in [2.75, 3.05) is 11.4 Å². The van der Waals surface area contributed by atoms with Crippen LogP contribution in [0.2, 0.25) is 0 Å². The molecule has 0 bridgehead atoms. The number of carbonyl (C=O) groups is 2. The number of hydrogen-bond acceptors (Lipinski definition) is 2. The number of hydrogen-bond donors (Lipinski definition) is 1. The van der Waals surface area contributed by atoms with Crippen molar-refractivity contribution in [3.63, 3.8) is 0 Å². The molecule has 0 aliphatic carbocycles. The lowest BCUT2D eigenvalue weighted by molar-refractivity contribution is -0.125. The molecule has 0 aromatic heterocycles. The summed E-state index contributed by atoms with van der Waals surface area (Å²) in [5, 5.41) is 3.03. The minimum absolute atomic E-state index is 0.0342. The first-order chi connectivity index (χ1) is 13.0. The normalized spacial score (nSPS) is 13.0. The molecule has 2 aromatic rings. The van der Waals surface area contributed by atoms with Crippen molar-refractivity contribution in [2.24, 2.45) is 5.92 Å². The first-order valence-corrected chi connectivity index (χ1v) is 9.81. The van der Waals surface area contributed by atoms with Gasteiger partial charge in [0, 0.05) is 30.3 Å². The highest BCUT2D eigenvalue weighted by molar-refractivity contribution is 6.07. The fraction of sp³-hybridized carbons (Fsp3) is 0.391. The van der Waals surface area contributed by atoms with E-state index in [1.165, 1.54) is 5.56 Å². The van der Waals surface area contributed by atoms with E-state index in [9.17, 15) is 9.59 Å². The van der Waals surface area contributed by atoms with E-state index in [2.05, 4.69) is 11.4 Å². The van der Waals surface area contributed by atoms with E-state index in [0.717, 1.165) is 36.1 Å². The van der Waals surface area contributed by atoms with Gasteiger partial charge in [-0.3, -0.25) is 9.59 Å². The number of fused-ring (bicyclic) bond motifs is 1. The fourth-order valence-electron chi connectivity index (χ4n) is 3.59. The quantitative estimate of drug-likeness (QED) is 0.833. The van der Waals surface area contributed by atoms with Gasteiger partial charge < -0.3 is 10.2 Å². The molecule has 0 saturated heterocycles. The highest BCUT2D eigenvalue weighted by Gasteiger charge is 2.26. The Morgan fingerprint density at radius 2 is 1.78 bits per heavy atom. The van der Waals surface area contributed by atoms with Crippen molar-refractivity contribution in [3.05, 3.63) is 64.7 Å². The van der Waals surface area contributed by atoms with Gasteiger partial charge in [0.15, 0.2) is 0 Å². The predicted octanol–water partition coefficient (Wildman–Crippen LogP) is 4.25. The fourth-order valence-corrected chi connectivity index (χ4v) is 3.59. The van der Waals surface area contributed by atoms with E-state index < -0.39 is 0 Å². The van der Waals surface area contributed by atoms with Crippen molar-refractivity contribution in [1.82, 2.24) is 5.32 Å². The van der Waals surface area contributed by atoms with Crippen LogP contribution in [0.4, 0.5) is 5.69 Å². The summed E-state index contributed by atoms with van der Waals surface area (Å²) in [6.07, 6.45) is 2.57. The zero-order chi connectivity index (χ0) is 19.4. The van der Waals surface area contributed by atoms with Crippen molar-refractivity contribution in [2.45, 2.75) is 46.6 Å². The molecule has 0 fully saturated rings. The van der Waals surface area contributed by atoms with Crippen LogP contribution in [0.5, 0.6) is 0 Å². The van der Waals surface area contributed by atoms with Gasteiger partial charge in [-0.05, 0) is 55.5 Å². The Morgan fingerprint density at radius 1 is 1.07 bits per heavy atom. The van der Waals surface area contributed by atoms with Gasteiger partial charge in [-0.25, -0.2) is 0 Å². The Kier molecular flexibility index (Phi) is 5.94. The molecule has 3 rings (SSSR count). The van der Waals surface area contributed by atoms with E-state index in [1.54, 1.807) is 0 Å². The summed E-state index contributed by atoms with van der Waals surface area (Å²) in [5.41, 5.74) is 5.03. The molecule has 4 nitrogen and oxygen atoms in total. The van der Waals surface area contributed by atoms with Crippen LogP contribution in [-0.4, -0.2) is 18.4 Å². The maximum absolute atomic E-state index is 12.9. The zero-order valence-corrected chi connectivity index (χ0v) is 16.4. The van der Waals surface area contributed by atoms with Crippen LogP contribution in [0.1, 0.15) is 53.7 Å². The minimum Gasteiger partial charge on any atom is -0.352 e. The van der Waals surface area contributed by atoms with Crippen LogP contribution in [-0.2, 0) is 17.8 Å². The SMILES string of the molecule is CCC(CC)C(=O)NCc1ccc2c(c1)N(C(=O)c1ccc(C)cc1)CC2. The van der Waals surface area contributed by atoms with E-state index in [-0.39, 0.29) is 17.7 Å². The number of nitrogens with zero attached hydrogens (tertiary/aromatic N) is 1. The lowest BCUT2D eigenvalue weighted by atomic mass is 10.0. The Balaban J connectivity index is 1.74. The van der Waals surface area contributed by atoms with Crippen molar-refractivity contribution >= 4 is 17.5 Å². The molecule has 1 N–H and O–H groups in total. The minimum atomic E-state index is 0.0342. The van der Waals surface area contributed by atoms with E-state index in [0.29, 0.717) is 18.7 Å². The van der Waals surface area contributed by atoms with Crippen molar-refractivity contribution in [3.8, 4) is 0 Å². The van der Waals surface area contributed by atoms with E-state index >= 15 is 0 Å². The highest BCUT2D eigenvalue weighted by atomic mass is 16.2. The Labute approximate surface area is 161 Å². The summed E-state index contributed by atoms with van der Waals surface area (Å²) >= 11 is 0. The van der Waals surface area contributed by atoms with E-state index in [1.807, 2.05) is 62.1 Å². The molecule has 1 aliphatic rings. The second-order valence-electron chi connectivity index (χ2n) is 7.27. The number of carbonyl (C=O) groups excluding carboxylic acids is 2. The Bertz CT molecular complexity index is 823. The van der Waals surface area contributed by atoms with Gasteiger partial charge >= 0.3 is 0 Å². The second kappa shape index (κ2) is 8.38. The van der Waals surface area contributed by atoms with Crippen LogP contribution < -0.4 is 10.2 Å². The molecule has 27 heavy (non-hydrogen) atoms. The summed E-state index contributed by atoms with van der Waals surface area (Å²) in [6, 6.07) is 13.9. The van der Waals surface area contributed by atoms with Gasteiger partial charge in [-0.2, -0.15) is 0 Å². The number of aryl methyl sites for hydroxylation is 1. The molecule has 2 aromatic carbocycles. The van der Waals surface area contributed by atoms with Crippen LogP contribution in [0.15, 0.2) is 42.5 Å². The summed E-state index contributed by atoms with van der Waals surface area (Å²) in [6.45, 7) is 7.29. The third kappa shape index (κ3) is 4.21. The van der Waals surface area contributed by atoms with Crippen LogP contribution in [0, 0.1) is 12.8 Å². The average molecular weight is 364 g/mol. The number of rotatable bonds is 6. The summed E-state index contributed by atoms with van der Waals surface area (Å²) in [7, 11) is 0. The number of anilines is 1. The molecule has 0 unspecified atom stereocenters. The lowest BCUT2D eigenvalue weighted by Gasteiger charge is -2.19. The van der Waals surface area contributed by atoms with Crippen LogP contribution in [0.25, 0.3) is 0 Å². The van der Waals surface area contributed by atoms with Gasteiger partial charge in [0.05, 0.1) is 0 Å². The molecular weight excluding hydrogens is 336 g/mol. The van der Waals surface area contributed by atoms with Gasteiger partial charge in [0.2, 0.25) is 5.91 Å².